The highest BCUT2D eigenvalue weighted by Crippen LogP contribution is 2.17. The van der Waals surface area contributed by atoms with Crippen LogP contribution in [-0.2, 0) is 0 Å². The Balaban J connectivity index is 2.87. The number of halogens is 1. The van der Waals surface area contributed by atoms with Crippen LogP contribution in [0.2, 0.25) is 0 Å². The van der Waals surface area contributed by atoms with Gasteiger partial charge in [0.05, 0.1) is 17.7 Å². The minimum Gasteiger partial charge on any atom is -0.508 e. The zero-order chi connectivity index (χ0) is 13.8. The molecule has 0 spiro atoms. The smallest absolute Gasteiger partial charge is 0.254 e. The first-order valence-electron chi connectivity index (χ1n) is 5.84. The largest absolute Gasteiger partial charge is 0.508 e. The molecule has 0 saturated heterocycles. The molecular formula is C13H18FNO3. The molecule has 18 heavy (non-hydrogen) atoms. The van der Waals surface area contributed by atoms with Crippen LogP contribution in [0.4, 0.5) is 4.39 Å². The van der Waals surface area contributed by atoms with E-state index in [4.69, 9.17) is 5.11 Å². The maximum atomic E-state index is 13.5. The van der Waals surface area contributed by atoms with E-state index in [2.05, 4.69) is 5.32 Å². The fourth-order valence-electron chi connectivity index (χ4n) is 1.76. The molecule has 0 fully saturated rings. The van der Waals surface area contributed by atoms with Crippen LogP contribution in [0.5, 0.6) is 5.75 Å². The van der Waals surface area contributed by atoms with Gasteiger partial charge < -0.3 is 15.5 Å². The van der Waals surface area contributed by atoms with Gasteiger partial charge in [0.1, 0.15) is 11.6 Å². The van der Waals surface area contributed by atoms with E-state index in [9.17, 15) is 14.3 Å². The molecule has 1 unspecified atom stereocenters. The summed E-state index contributed by atoms with van der Waals surface area (Å²) in [5, 5.41) is 21.0. The predicted molar refractivity (Wildman–Crippen MR) is 65.9 cm³/mol. The van der Waals surface area contributed by atoms with Gasteiger partial charge in [0.15, 0.2) is 0 Å². The average molecular weight is 255 g/mol. The number of aliphatic hydroxyl groups excluding tert-OH is 1. The third-order valence-corrected chi connectivity index (χ3v) is 2.76. The molecule has 0 aromatic heterocycles. The third-order valence-electron chi connectivity index (χ3n) is 2.76. The van der Waals surface area contributed by atoms with Crippen LogP contribution in [0.1, 0.15) is 37.0 Å². The highest BCUT2D eigenvalue weighted by molar-refractivity contribution is 5.95. The van der Waals surface area contributed by atoms with Crippen molar-refractivity contribution in [3.05, 3.63) is 29.6 Å². The van der Waals surface area contributed by atoms with E-state index in [0.717, 1.165) is 12.5 Å². The van der Waals surface area contributed by atoms with Gasteiger partial charge in [-0.2, -0.15) is 0 Å². The van der Waals surface area contributed by atoms with Gasteiger partial charge in [-0.25, -0.2) is 4.39 Å². The number of aliphatic hydroxyl groups is 1. The van der Waals surface area contributed by atoms with Crippen LogP contribution in [-0.4, -0.2) is 28.3 Å². The molecule has 5 heteroatoms. The normalized spacial score (nSPS) is 14.0. The molecule has 100 valence electrons. The lowest BCUT2D eigenvalue weighted by Gasteiger charge is -2.28. The average Bonchev–Trinajstić information content (AvgIpc) is 2.28. The maximum Gasteiger partial charge on any atom is 0.254 e. The van der Waals surface area contributed by atoms with E-state index in [1.165, 1.54) is 12.1 Å². The Bertz CT molecular complexity index is 436. The Morgan fingerprint density at radius 3 is 2.67 bits per heavy atom. The van der Waals surface area contributed by atoms with Crippen LogP contribution >= 0.6 is 0 Å². The quantitative estimate of drug-likeness (QED) is 0.751. The summed E-state index contributed by atoms with van der Waals surface area (Å²) in [7, 11) is 0. The number of rotatable bonds is 5. The highest BCUT2D eigenvalue weighted by atomic mass is 19.1. The Labute approximate surface area is 105 Å². The molecule has 1 atom stereocenters. The summed E-state index contributed by atoms with van der Waals surface area (Å²) in [5.41, 5.74) is -0.917. The van der Waals surface area contributed by atoms with Crippen molar-refractivity contribution >= 4 is 5.91 Å². The molecule has 0 radical (unpaired) electrons. The third kappa shape index (κ3) is 3.43. The minimum atomic E-state index is -0.788. The molecule has 0 aliphatic carbocycles. The fourth-order valence-corrected chi connectivity index (χ4v) is 1.76. The van der Waals surface area contributed by atoms with Gasteiger partial charge >= 0.3 is 0 Å². The van der Waals surface area contributed by atoms with E-state index in [1.807, 2.05) is 6.92 Å². The van der Waals surface area contributed by atoms with E-state index < -0.39 is 17.3 Å². The molecule has 0 bridgehead atoms. The summed E-state index contributed by atoms with van der Waals surface area (Å²) < 4.78 is 13.5. The molecule has 1 amide bonds. The first-order chi connectivity index (χ1) is 8.41. The summed E-state index contributed by atoms with van der Waals surface area (Å²) >= 11 is 0. The van der Waals surface area contributed by atoms with Crippen LogP contribution in [0.15, 0.2) is 18.2 Å². The lowest BCUT2D eigenvalue weighted by atomic mass is 9.96. The number of phenols is 1. The van der Waals surface area contributed by atoms with Crippen molar-refractivity contribution in [3.8, 4) is 5.75 Å². The number of phenolic OH excluding ortho intramolecular Hbond substituents is 1. The van der Waals surface area contributed by atoms with Gasteiger partial charge in [0, 0.05) is 6.07 Å². The van der Waals surface area contributed by atoms with Gasteiger partial charge in [-0.15, -0.1) is 0 Å². The number of hydrogen-bond donors (Lipinski definition) is 3. The molecular weight excluding hydrogens is 237 g/mol. The number of nitrogens with one attached hydrogen (secondary N) is 1. The van der Waals surface area contributed by atoms with E-state index in [1.54, 1.807) is 6.92 Å². The van der Waals surface area contributed by atoms with Crippen molar-refractivity contribution in [2.75, 3.05) is 6.61 Å². The second-order valence-electron chi connectivity index (χ2n) is 4.59. The van der Waals surface area contributed by atoms with Crippen molar-refractivity contribution in [2.45, 2.75) is 32.2 Å². The SMILES string of the molecule is CCCC(C)(CO)NC(=O)c1ccc(O)cc1F. The summed E-state index contributed by atoms with van der Waals surface area (Å²) in [6.45, 7) is 3.42. The standard InChI is InChI=1S/C13H18FNO3/c1-3-6-13(2,8-16)15-12(18)10-5-4-9(17)7-11(10)14/h4-5,7,16-17H,3,6,8H2,1-2H3,(H,15,18). The minimum absolute atomic E-state index is 0.149. The molecule has 1 aromatic rings. The topological polar surface area (TPSA) is 69.6 Å². The van der Waals surface area contributed by atoms with Crippen LogP contribution in [0, 0.1) is 5.82 Å². The van der Waals surface area contributed by atoms with Gasteiger partial charge in [0.25, 0.3) is 5.91 Å². The Kier molecular flexibility index (Phi) is 4.67. The van der Waals surface area contributed by atoms with Crippen molar-refractivity contribution in [3.63, 3.8) is 0 Å². The molecule has 1 rings (SSSR count). The summed E-state index contributed by atoms with van der Waals surface area (Å²) in [5.74, 6) is -1.62. The Hall–Kier alpha value is -1.62. The zero-order valence-electron chi connectivity index (χ0n) is 10.5. The van der Waals surface area contributed by atoms with E-state index >= 15 is 0 Å². The zero-order valence-corrected chi connectivity index (χ0v) is 10.5. The van der Waals surface area contributed by atoms with Gasteiger partial charge in [0.2, 0.25) is 0 Å². The van der Waals surface area contributed by atoms with E-state index in [0.29, 0.717) is 6.42 Å². The van der Waals surface area contributed by atoms with Gasteiger partial charge in [-0.1, -0.05) is 13.3 Å². The first kappa shape index (κ1) is 14.4. The number of carbonyl (C=O) groups is 1. The Morgan fingerprint density at radius 2 is 2.17 bits per heavy atom. The number of carbonyl (C=O) groups excluding carboxylic acids is 1. The number of amides is 1. The predicted octanol–water partition coefficient (Wildman–Crippen LogP) is 1.81. The number of aromatic hydroxyl groups is 1. The van der Waals surface area contributed by atoms with Crippen molar-refractivity contribution < 1.29 is 19.4 Å². The second kappa shape index (κ2) is 5.82. The number of benzene rings is 1. The monoisotopic (exact) mass is 255 g/mol. The number of hydrogen-bond acceptors (Lipinski definition) is 3. The molecule has 0 aliphatic heterocycles. The van der Waals surface area contributed by atoms with Crippen molar-refractivity contribution in [1.82, 2.24) is 5.32 Å². The molecule has 0 aliphatic rings. The van der Waals surface area contributed by atoms with Crippen LogP contribution in [0.3, 0.4) is 0 Å². The summed E-state index contributed by atoms with van der Waals surface area (Å²) in [4.78, 5) is 11.9. The maximum absolute atomic E-state index is 13.5. The van der Waals surface area contributed by atoms with Crippen LogP contribution in [0.25, 0.3) is 0 Å². The highest BCUT2D eigenvalue weighted by Gasteiger charge is 2.26. The van der Waals surface area contributed by atoms with Gasteiger partial charge in [-0.05, 0) is 25.5 Å². The second-order valence-corrected chi connectivity index (χ2v) is 4.59. The van der Waals surface area contributed by atoms with Crippen molar-refractivity contribution in [2.24, 2.45) is 0 Å². The summed E-state index contributed by atoms with van der Waals surface area (Å²) in [6.07, 6.45) is 1.38. The lowest BCUT2D eigenvalue weighted by Crippen LogP contribution is -2.49. The van der Waals surface area contributed by atoms with Crippen molar-refractivity contribution in [1.29, 1.82) is 0 Å². The first-order valence-corrected chi connectivity index (χ1v) is 5.84. The lowest BCUT2D eigenvalue weighted by molar-refractivity contribution is 0.0837. The molecule has 3 N–H and O–H groups in total. The molecule has 0 saturated carbocycles. The van der Waals surface area contributed by atoms with Gasteiger partial charge in [-0.3, -0.25) is 4.79 Å². The molecule has 0 heterocycles. The summed E-state index contributed by atoms with van der Waals surface area (Å²) in [6, 6.07) is 3.34. The fraction of sp³-hybridized carbons (Fsp3) is 0.462. The molecule has 4 nitrogen and oxygen atoms in total. The van der Waals surface area contributed by atoms with Crippen LogP contribution < -0.4 is 5.32 Å². The Morgan fingerprint density at radius 1 is 1.50 bits per heavy atom. The van der Waals surface area contributed by atoms with E-state index in [-0.39, 0.29) is 17.9 Å². The molecule has 1 aromatic carbocycles.